The van der Waals surface area contributed by atoms with Crippen molar-refractivity contribution in [1.29, 1.82) is 0 Å². The van der Waals surface area contributed by atoms with Gasteiger partial charge in [-0.25, -0.2) is 8.42 Å². The summed E-state index contributed by atoms with van der Waals surface area (Å²) in [4.78, 5) is 17.5. The summed E-state index contributed by atoms with van der Waals surface area (Å²) in [6.07, 6.45) is 0.523. The minimum absolute atomic E-state index is 0.108. The molecule has 1 atom stereocenters. The van der Waals surface area contributed by atoms with Crippen LogP contribution in [-0.4, -0.2) is 67.2 Å². The van der Waals surface area contributed by atoms with Gasteiger partial charge in [0, 0.05) is 39.3 Å². The van der Waals surface area contributed by atoms with Crippen LogP contribution in [0.25, 0.3) is 0 Å². The van der Waals surface area contributed by atoms with Crippen LogP contribution in [-0.2, 0) is 21.4 Å². The number of carbonyl (C=O) groups is 1. The summed E-state index contributed by atoms with van der Waals surface area (Å²) >= 11 is 0. The summed E-state index contributed by atoms with van der Waals surface area (Å²) in [6.45, 7) is 5.48. The van der Waals surface area contributed by atoms with E-state index in [0.29, 0.717) is 44.0 Å². The molecular formula is C22H27N3O3S. The Kier molecular flexibility index (Phi) is 5.72. The van der Waals surface area contributed by atoms with E-state index in [2.05, 4.69) is 24.0 Å². The Balaban J connectivity index is 1.47. The second-order valence-electron chi connectivity index (χ2n) is 7.81. The second-order valence-corrected chi connectivity index (χ2v) is 9.74. The van der Waals surface area contributed by atoms with Gasteiger partial charge in [-0.3, -0.25) is 9.69 Å². The van der Waals surface area contributed by atoms with Crippen molar-refractivity contribution in [1.82, 2.24) is 14.1 Å². The Morgan fingerprint density at radius 1 is 0.931 bits per heavy atom. The SMILES string of the molecule is Cc1cccc(CN2CCN3CCN(S(=O)(=O)c4ccccc4)CC[C@H]3C2=O)c1. The minimum Gasteiger partial charge on any atom is -0.336 e. The van der Waals surface area contributed by atoms with Crippen LogP contribution < -0.4 is 0 Å². The first-order chi connectivity index (χ1) is 13.9. The van der Waals surface area contributed by atoms with Crippen molar-refractivity contribution in [3.8, 4) is 0 Å². The fourth-order valence-electron chi connectivity index (χ4n) is 4.24. The first-order valence-electron chi connectivity index (χ1n) is 10.1. The van der Waals surface area contributed by atoms with Crippen molar-refractivity contribution < 1.29 is 13.2 Å². The zero-order chi connectivity index (χ0) is 20.4. The number of aryl methyl sites for hydroxylation is 1. The number of hydrogen-bond acceptors (Lipinski definition) is 4. The first kappa shape index (κ1) is 20.1. The van der Waals surface area contributed by atoms with Gasteiger partial charge in [-0.2, -0.15) is 4.31 Å². The molecule has 2 aromatic carbocycles. The standard InChI is InChI=1S/C22H27N3O3S/c1-18-6-5-7-19(16-18)17-24-13-12-23-14-15-25(11-10-21(23)22(24)26)29(27,28)20-8-3-2-4-9-20/h2-9,16,21H,10-15,17H2,1H3/t21-/m0/s1. The fourth-order valence-corrected chi connectivity index (χ4v) is 5.71. The number of fused-ring (bicyclic) bond motifs is 1. The number of nitrogens with zero attached hydrogens (tertiary/aromatic N) is 3. The van der Waals surface area contributed by atoms with E-state index in [1.807, 2.05) is 23.1 Å². The van der Waals surface area contributed by atoms with E-state index in [1.165, 1.54) is 9.87 Å². The van der Waals surface area contributed by atoms with Crippen LogP contribution in [0.2, 0.25) is 0 Å². The molecule has 0 radical (unpaired) electrons. The molecule has 0 spiro atoms. The predicted molar refractivity (Wildman–Crippen MR) is 112 cm³/mol. The lowest BCUT2D eigenvalue weighted by Crippen LogP contribution is -2.56. The van der Waals surface area contributed by atoms with Crippen LogP contribution in [0, 0.1) is 6.92 Å². The van der Waals surface area contributed by atoms with E-state index in [0.717, 1.165) is 12.1 Å². The Bertz CT molecular complexity index is 978. The number of carbonyl (C=O) groups excluding carboxylic acids is 1. The maximum Gasteiger partial charge on any atom is 0.243 e. The van der Waals surface area contributed by atoms with E-state index in [4.69, 9.17) is 0 Å². The molecule has 1 amide bonds. The quantitative estimate of drug-likeness (QED) is 0.770. The second kappa shape index (κ2) is 8.26. The van der Waals surface area contributed by atoms with Crippen LogP contribution in [0.4, 0.5) is 0 Å². The summed E-state index contributed by atoms with van der Waals surface area (Å²) in [5, 5.41) is 0. The number of amides is 1. The largest absolute Gasteiger partial charge is 0.336 e. The van der Waals surface area contributed by atoms with Crippen molar-refractivity contribution in [3.63, 3.8) is 0 Å². The topological polar surface area (TPSA) is 60.9 Å². The van der Waals surface area contributed by atoms with Gasteiger partial charge in [0.05, 0.1) is 10.9 Å². The summed E-state index contributed by atoms with van der Waals surface area (Å²) in [6, 6.07) is 16.5. The number of rotatable bonds is 4. The zero-order valence-electron chi connectivity index (χ0n) is 16.7. The molecule has 29 heavy (non-hydrogen) atoms. The summed E-state index contributed by atoms with van der Waals surface area (Å²) in [5.41, 5.74) is 2.32. The summed E-state index contributed by atoms with van der Waals surface area (Å²) in [7, 11) is -3.53. The van der Waals surface area contributed by atoms with Crippen molar-refractivity contribution >= 4 is 15.9 Å². The van der Waals surface area contributed by atoms with Crippen LogP contribution in [0.1, 0.15) is 17.5 Å². The van der Waals surface area contributed by atoms with Gasteiger partial charge in [0.25, 0.3) is 0 Å². The van der Waals surface area contributed by atoms with Crippen molar-refractivity contribution in [2.45, 2.75) is 30.8 Å². The minimum atomic E-state index is -3.53. The third-order valence-electron chi connectivity index (χ3n) is 5.82. The van der Waals surface area contributed by atoms with Gasteiger partial charge in [0.2, 0.25) is 15.9 Å². The predicted octanol–water partition coefficient (Wildman–Crippen LogP) is 2.10. The Morgan fingerprint density at radius 3 is 2.45 bits per heavy atom. The summed E-state index contributed by atoms with van der Waals surface area (Å²) < 4.78 is 27.5. The Hall–Kier alpha value is -2.22. The van der Waals surface area contributed by atoms with Crippen LogP contribution in [0.15, 0.2) is 59.5 Å². The molecule has 6 nitrogen and oxygen atoms in total. The molecule has 0 N–H and O–H groups in total. The monoisotopic (exact) mass is 413 g/mol. The van der Waals surface area contributed by atoms with E-state index in [1.54, 1.807) is 24.3 Å². The number of sulfonamides is 1. The van der Waals surface area contributed by atoms with E-state index >= 15 is 0 Å². The van der Waals surface area contributed by atoms with E-state index in [-0.39, 0.29) is 11.9 Å². The molecule has 0 aromatic heterocycles. The molecule has 2 heterocycles. The van der Waals surface area contributed by atoms with Gasteiger partial charge in [-0.1, -0.05) is 48.0 Å². The molecular weight excluding hydrogens is 386 g/mol. The van der Waals surface area contributed by atoms with E-state index < -0.39 is 10.0 Å². The molecule has 0 aliphatic carbocycles. The molecule has 154 valence electrons. The average molecular weight is 414 g/mol. The first-order valence-corrected chi connectivity index (χ1v) is 11.5. The van der Waals surface area contributed by atoms with Gasteiger partial charge in [0.15, 0.2) is 0 Å². The zero-order valence-corrected chi connectivity index (χ0v) is 17.5. The lowest BCUT2D eigenvalue weighted by molar-refractivity contribution is -0.142. The van der Waals surface area contributed by atoms with Gasteiger partial charge in [-0.05, 0) is 31.0 Å². The van der Waals surface area contributed by atoms with Gasteiger partial charge >= 0.3 is 0 Å². The van der Waals surface area contributed by atoms with Crippen molar-refractivity contribution in [2.75, 3.05) is 32.7 Å². The third-order valence-corrected chi connectivity index (χ3v) is 7.73. The molecule has 0 unspecified atom stereocenters. The fraction of sp³-hybridized carbons (Fsp3) is 0.409. The lowest BCUT2D eigenvalue weighted by Gasteiger charge is -2.39. The van der Waals surface area contributed by atoms with E-state index in [9.17, 15) is 13.2 Å². The molecule has 0 saturated carbocycles. The molecule has 2 aliphatic heterocycles. The number of hydrogen-bond donors (Lipinski definition) is 0. The number of benzene rings is 2. The molecule has 4 rings (SSSR count). The third kappa shape index (κ3) is 4.22. The highest BCUT2D eigenvalue weighted by Gasteiger charge is 2.38. The molecule has 2 aromatic rings. The Morgan fingerprint density at radius 2 is 1.69 bits per heavy atom. The van der Waals surface area contributed by atoms with Gasteiger partial charge in [0.1, 0.15) is 0 Å². The number of piperazine rings is 1. The van der Waals surface area contributed by atoms with Gasteiger partial charge < -0.3 is 4.90 Å². The summed E-state index contributed by atoms with van der Waals surface area (Å²) in [5.74, 6) is 0.108. The smallest absolute Gasteiger partial charge is 0.243 e. The van der Waals surface area contributed by atoms with Crippen LogP contribution in [0.5, 0.6) is 0 Å². The van der Waals surface area contributed by atoms with Crippen LogP contribution >= 0.6 is 0 Å². The van der Waals surface area contributed by atoms with Crippen LogP contribution in [0.3, 0.4) is 0 Å². The highest BCUT2D eigenvalue weighted by atomic mass is 32.2. The normalized spacial score (nSPS) is 21.6. The molecule has 2 aliphatic rings. The highest BCUT2D eigenvalue weighted by molar-refractivity contribution is 7.89. The molecule has 2 saturated heterocycles. The molecule has 7 heteroatoms. The molecule has 2 fully saturated rings. The maximum atomic E-state index is 13.1. The Labute approximate surface area is 172 Å². The van der Waals surface area contributed by atoms with Gasteiger partial charge in [-0.15, -0.1) is 0 Å². The maximum absolute atomic E-state index is 13.1. The lowest BCUT2D eigenvalue weighted by atomic mass is 10.1. The molecule has 0 bridgehead atoms. The highest BCUT2D eigenvalue weighted by Crippen LogP contribution is 2.23. The van der Waals surface area contributed by atoms with Crippen molar-refractivity contribution in [2.24, 2.45) is 0 Å². The average Bonchev–Trinajstić information content (AvgIpc) is 2.95. The van der Waals surface area contributed by atoms with Crippen molar-refractivity contribution in [3.05, 3.63) is 65.7 Å².